The van der Waals surface area contributed by atoms with Gasteiger partial charge in [-0.15, -0.1) is 0 Å². The van der Waals surface area contributed by atoms with Crippen molar-refractivity contribution in [2.24, 2.45) is 0 Å². The summed E-state index contributed by atoms with van der Waals surface area (Å²) in [5.41, 5.74) is -1.00. The van der Waals surface area contributed by atoms with Crippen LogP contribution in [0, 0.1) is 5.82 Å². The van der Waals surface area contributed by atoms with Gasteiger partial charge < -0.3 is 10.1 Å². The Labute approximate surface area is 121 Å². The first-order chi connectivity index (χ1) is 9.79. The first kappa shape index (κ1) is 15.3. The molecule has 0 saturated heterocycles. The van der Waals surface area contributed by atoms with Crippen LogP contribution in [0.2, 0.25) is 5.28 Å². The molecule has 21 heavy (non-hydrogen) atoms. The normalized spacial score (nSPS) is 11.3. The quantitative estimate of drug-likeness (QED) is 0.684. The molecule has 0 fully saturated rings. The maximum Gasteiger partial charge on any atom is 0.433 e. The fourth-order valence-electron chi connectivity index (χ4n) is 1.52. The Morgan fingerprint density at radius 2 is 1.90 bits per heavy atom. The summed E-state index contributed by atoms with van der Waals surface area (Å²) in [7, 11) is 1.30. The van der Waals surface area contributed by atoms with E-state index in [2.05, 4.69) is 15.3 Å². The van der Waals surface area contributed by atoms with Crippen LogP contribution in [0.15, 0.2) is 24.3 Å². The zero-order chi connectivity index (χ0) is 15.6. The molecule has 0 amide bonds. The van der Waals surface area contributed by atoms with Crippen LogP contribution in [0.4, 0.5) is 29.1 Å². The number of hydrogen-bond donors (Lipinski definition) is 1. The minimum atomic E-state index is -4.66. The van der Waals surface area contributed by atoms with Gasteiger partial charge in [-0.3, -0.25) is 0 Å². The fourth-order valence-corrected chi connectivity index (χ4v) is 1.70. The highest BCUT2D eigenvalue weighted by Crippen LogP contribution is 2.30. The molecule has 1 heterocycles. The number of methoxy groups -OCH3 is 1. The first-order valence-corrected chi connectivity index (χ1v) is 5.90. The van der Waals surface area contributed by atoms with E-state index >= 15 is 0 Å². The van der Waals surface area contributed by atoms with Gasteiger partial charge in [-0.2, -0.15) is 13.2 Å². The van der Waals surface area contributed by atoms with Gasteiger partial charge in [0.2, 0.25) is 5.28 Å². The Bertz CT molecular complexity index is 663. The Morgan fingerprint density at radius 1 is 1.19 bits per heavy atom. The zero-order valence-electron chi connectivity index (χ0n) is 10.5. The molecule has 1 aromatic carbocycles. The van der Waals surface area contributed by atoms with Crippen molar-refractivity contribution in [3.8, 4) is 5.75 Å². The molecule has 0 atom stereocenters. The lowest BCUT2D eigenvalue weighted by molar-refractivity contribution is -0.141. The third kappa shape index (κ3) is 3.72. The van der Waals surface area contributed by atoms with Gasteiger partial charge >= 0.3 is 6.18 Å². The summed E-state index contributed by atoms with van der Waals surface area (Å²) >= 11 is 5.44. The van der Waals surface area contributed by atoms with Crippen molar-refractivity contribution < 1.29 is 22.3 Å². The highest BCUT2D eigenvalue weighted by Gasteiger charge is 2.33. The first-order valence-electron chi connectivity index (χ1n) is 5.52. The fraction of sp³-hybridized carbons (Fsp3) is 0.167. The van der Waals surface area contributed by atoms with Crippen LogP contribution in [-0.2, 0) is 6.18 Å². The molecule has 1 aromatic heterocycles. The number of halogens is 5. The number of nitrogens with one attached hydrogen (secondary N) is 1. The molecular weight excluding hydrogens is 314 g/mol. The van der Waals surface area contributed by atoms with Gasteiger partial charge in [0.1, 0.15) is 5.82 Å². The Morgan fingerprint density at radius 3 is 2.48 bits per heavy atom. The van der Waals surface area contributed by atoms with Crippen LogP contribution >= 0.6 is 11.6 Å². The monoisotopic (exact) mass is 321 g/mol. The van der Waals surface area contributed by atoms with Crippen molar-refractivity contribution in [2.75, 3.05) is 12.4 Å². The number of ether oxygens (including phenoxy) is 1. The van der Waals surface area contributed by atoms with Crippen molar-refractivity contribution in [3.05, 3.63) is 41.1 Å². The van der Waals surface area contributed by atoms with Crippen LogP contribution in [0.1, 0.15) is 5.69 Å². The molecule has 112 valence electrons. The summed E-state index contributed by atoms with van der Waals surface area (Å²) < 4.78 is 56.0. The third-order valence-electron chi connectivity index (χ3n) is 2.41. The van der Waals surface area contributed by atoms with Gasteiger partial charge in [0.25, 0.3) is 0 Å². The molecule has 0 aliphatic carbocycles. The number of alkyl halides is 3. The molecule has 2 aromatic rings. The lowest BCUT2D eigenvalue weighted by Gasteiger charge is -2.10. The van der Waals surface area contributed by atoms with Crippen molar-refractivity contribution >= 4 is 23.1 Å². The smallest absolute Gasteiger partial charge is 0.433 e. The van der Waals surface area contributed by atoms with Gasteiger partial charge in [-0.05, 0) is 23.7 Å². The summed E-state index contributed by atoms with van der Waals surface area (Å²) in [5.74, 6) is -0.858. The van der Waals surface area contributed by atoms with Gasteiger partial charge in [0.15, 0.2) is 17.3 Å². The van der Waals surface area contributed by atoms with E-state index in [-0.39, 0.29) is 17.3 Å². The van der Waals surface area contributed by atoms with Crippen molar-refractivity contribution in [2.45, 2.75) is 6.18 Å². The Balaban J connectivity index is 2.31. The van der Waals surface area contributed by atoms with E-state index in [1.165, 1.54) is 19.2 Å². The SMILES string of the molecule is COc1ccc(Nc2cc(C(F)(F)F)nc(Cl)n2)cc1F. The number of anilines is 2. The molecule has 1 N–H and O–H groups in total. The van der Waals surface area contributed by atoms with Crippen molar-refractivity contribution in [3.63, 3.8) is 0 Å². The second-order valence-corrected chi connectivity index (χ2v) is 4.22. The molecule has 4 nitrogen and oxygen atoms in total. The summed E-state index contributed by atoms with van der Waals surface area (Å²) in [5, 5.41) is 1.95. The number of aromatic nitrogens is 2. The zero-order valence-corrected chi connectivity index (χ0v) is 11.3. The Hall–Kier alpha value is -2.09. The predicted molar refractivity (Wildman–Crippen MR) is 68.3 cm³/mol. The molecule has 2 rings (SSSR count). The average Bonchev–Trinajstić information content (AvgIpc) is 2.37. The molecule has 0 radical (unpaired) electrons. The minimum Gasteiger partial charge on any atom is -0.494 e. The van der Waals surface area contributed by atoms with Crippen LogP contribution in [0.25, 0.3) is 0 Å². The van der Waals surface area contributed by atoms with Crippen LogP contribution in [0.3, 0.4) is 0 Å². The maximum absolute atomic E-state index is 13.5. The summed E-state index contributed by atoms with van der Waals surface area (Å²) in [6, 6.07) is 4.48. The summed E-state index contributed by atoms with van der Waals surface area (Å²) in [6.45, 7) is 0. The van der Waals surface area contributed by atoms with E-state index in [0.717, 1.165) is 6.07 Å². The summed E-state index contributed by atoms with van der Waals surface area (Å²) in [6.07, 6.45) is -4.66. The lowest BCUT2D eigenvalue weighted by atomic mass is 10.3. The van der Waals surface area contributed by atoms with Gasteiger partial charge in [0, 0.05) is 17.8 Å². The van der Waals surface area contributed by atoms with E-state index in [1.807, 2.05) is 0 Å². The van der Waals surface area contributed by atoms with E-state index < -0.39 is 23.0 Å². The topological polar surface area (TPSA) is 47.0 Å². The molecule has 0 spiro atoms. The second kappa shape index (κ2) is 5.72. The van der Waals surface area contributed by atoms with Gasteiger partial charge in [-0.25, -0.2) is 14.4 Å². The highest BCUT2D eigenvalue weighted by atomic mass is 35.5. The highest BCUT2D eigenvalue weighted by molar-refractivity contribution is 6.28. The Kier molecular flexibility index (Phi) is 4.17. The van der Waals surface area contributed by atoms with Crippen LogP contribution < -0.4 is 10.1 Å². The number of rotatable bonds is 3. The average molecular weight is 322 g/mol. The van der Waals surface area contributed by atoms with Gasteiger partial charge in [0.05, 0.1) is 7.11 Å². The third-order valence-corrected chi connectivity index (χ3v) is 2.58. The molecule has 0 bridgehead atoms. The lowest BCUT2D eigenvalue weighted by Crippen LogP contribution is -2.10. The molecular formula is C12H8ClF4N3O. The second-order valence-electron chi connectivity index (χ2n) is 3.88. The van der Waals surface area contributed by atoms with E-state index in [1.54, 1.807) is 0 Å². The van der Waals surface area contributed by atoms with E-state index in [9.17, 15) is 17.6 Å². The van der Waals surface area contributed by atoms with Gasteiger partial charge in [-0.1, -0.05) is 0 Å². The number of hydrogen-bond acceptors (Lipinski definition) is 4. The number of benzene rings is 1. The van der Waals surface area contributed by atoms with E-state index in [4.69, 9.17) is 16.3 Å². The van der Waals surface area contributed by atoms with Crippen molar-refractivity contribution in [1.29, 1.82) is 0 Å². The largest absolute Gasteiger partial charge is 0.494 e. The molecule has 0 aliphatic rings. The molecule has 9 heteroatoms. The molecule has 0 unspecified atom stereocenters. The number of nitrogens with zero attached hydrogens (tertiary/aromatic N) is 2. The standard InChI is InChI=1S/C12H8ClF4N3O/c1-21-8-3-2-6(4-7(8)14)18-10-5-9(12(15,16)17)19-11(13)20-10/h2-5H,1H3,(H,18,19,20). The van der Waals surface area contributed by atoms with Crippen molar-refractivity contribution in [1.82, 2.24) is 9.97 Å². The predicted octanol–water partition coefficient (Wildman–Crippen LogP) is 4.04. The minimum absolute atomic E-state index is 0.0113. The molecule has 0 aliphatic heterocycles. The summed E-state index contributed by atoms with van der Waals surface area (Å²) in [4.78, 5) is 6.69. The van der Waals surface area contributed by atoms with Crippen LogP contribution in [-0.4, -0.2) is 17.1 Å². The van der Waals surface area contributed by atoms with E-state index in [0.29, 0.717) is 6.07 Å². The maximum atomic E-state index is 13.5. The molecule has 0 saturated carbocycles. The van der Waals surface area contributed by atoms with Crippen LogP contribution in [0.5, 0.6) is 5.75 Å².